The molecule has 0 spiro atoms. The monoisotopic (exact) mass is 326 g/mol. The highest BCUT2D eigenvalue weighted by Crippen LogP contribution is 2.14. The average molecular weight is 326 g/mol. The molecule has 0 aromatic heterocycles. The molecule has 1 atom stereocenters. The molecule has 0 saturated carbocycles. The molecular formula is C16H26N2O3S. The number of nitrogens with one attached hydrogen (secondary N) is 1. The van der Waals surface area contributed by atoms with Gasteiger partial charge in [0.1, 0.15) is 0 Å². The van der Waals surface area contributed by atoms with Gasteiger partial charge in [-0.15, -0.1) is 0 Å². The van der Waals surface area contributed by atoms with Gasteiger partial charge in [0.25, 0.3) is 0 Å². The Morgan fingerprint density at radius 3 is 2.41 bits per heavy atom. The summed E-state index contributed by atoms with van der Waals surface area (Å²) in [6.45, 7) is 7.95. The fraction of sp³-hybridized carbons (Fsp3) is 0.625. The van der Waals surface area contributed by atoms with Crippen LogP contribution in [-0.2, 0) is 14.8 Å². The molecule has 0 bridgehead atoms. The molecule has 1 saturated heterocycles. The van der Waals surface area contributed by atoms with Crippen LogP contribution in [0.3, 0.4) is 0 Å². The van der Waals surface area contributed by atoms with E-state index in [0.29, 0.717) is 17.4 Å². The fourth-order valence-electron chi connectivity index (χ4n) is 2.74. The minimum absolute atomic E-state index is 0.211. The second kappa shape index (κ2) is 8.06. The number of benzene rings is 1. The van der Waals surface area contributed by atoms with Gasteiger partial charge in [0.15, 0.2) is 0 Å². The first kappa shape index (κ1) is 17.4. The highest BCUT2D eigenvalue weighted by Gasteiger charge is 2.24. The first-order chi connectivity index (χ1) is 10.5. The molecule has 5 nitrogen and oxygen atoms in total. The van der Waals surface area contributed by atoms with Crippen molar-refractivity contribution in [2.45, 2.75) is 31.2 Å². The van der Waals surface area contributed by atoms with Crippen molar-refractivity contribution in [2.24, 2.45) is 5.92 Å². The van der Waals surface area contributed by atoms with E-state index in [9.17, 15) is 8.42 Å². The van der Waals surface area contributed by atoms with Gasteiger partial charge in [-0.1, -0.05) is 32.0 Å². The van der Waals surface area contributed by atoms with Crippen LogP contribution in [0.15, 0.2) is 35.2 Å². The van der Waals surface area contributed by atoms with E-state index in [1.807, 2.05) is 6.07 Å². The van der Waals surface area contributed by atoms with Crippen molar-refractivity contribution in [1.82, 2.24) is 9.62 Å². The van der Waals surface area contributed by atoms with Crippen molar-refractivity contribution in [2.75, 3.05) is 32.8 Å². The summed E-state index contributed by atoms with van der Waals surface area (Å²) < 4.78 is 32.9. The Morgan fingerprint density at radius 2 is 1.82 bits per heavy atom. The Bertz CT molecular complexity index is 540. The van der Waals surface area contributed by atoms with Crippen molar-refractivity contribution in [3.8, 4) is 0 Å². The predicted molar refractivity (Wildman–Crippen MR) is 87.3 cm³/mol. The van der Waals surface area contributed by atoms with Gasteiger partial charge in [-0.05, 0) is 24.5 Å². The van der Waals surface area contributed by atoms with Crippen LogP contribution in [0, 0.1) is 5.92 Å². The van der Waals surface area contributed by atoms with Crippen molar-refractivity contribution < 1.29 is 13.2 Å². The van der Waals surface area contributed by atoms with Crippen LogP contribution in [0.5, 0.6) is 0 Å². The zero-order valence-electron chi connectivity index (χ0n) is 13.4. The Balaban J connectivity index is 2.01. The van der Waals surface area contributed by atoms with Gasteiger partial charge >= 0.3 is 0 Å². The van der Waals surface area contributed by atoms with Crippen molar-refractivity contribution >= 4 is 10.0 Å². The minimum Gasteiger partial charge on any atom is -0.379 e. The lowest BCUT2D eigenvalue weighted by atomic mass is 10.0. The van der Waals surface area contributed by atoms with Crippen LogP contribution < -0.4 is 4.72 Å². The molecule has 6 heteroatoms. The summed E-state index contributed by atoms with van der Waals surface area (Å²) in [6, 6.07) is 8.74. The molecule has 0 aliphatic carbocycles. The molecule has 1 aliphatic heterocycles. The molecule has 0 radical (unpaired) electrons. The summed E-state index contributed by atoms with van der Waals surface area (Å²) in [4.78, 5) is 2.65. The molecule has 1 aliphatic rings. The zero-order valence-corrected chi connectivity index (χ0v) is 14.2. The molecule has 1 aromatic carbocycles. The van der Waals surface area contributed by atoms with E-state index in [1.54, 1.807) is 24.3 Å². The van der Waals surface area contributed by atoms with Gasteiger partial charge < -0.3 is 4.74 Å². The molecule has 0 amide bonds. The third kappa shape index (κ3) is 5.05. The molecule has 1 unspecified atom stereocenters. The Hall–Kier alpha value is -0.950. The number of sulfonamides is 1. The van der Waals surface area contributed by atoms with Crippen LogP contribution >= 0.6 is 0 Å². The summed E-state index contributed by atoms with van der Waals surface area (Å²) in [5, 5.41) is 0. The Labute approximate surface area is 133 Å². The third-order valence-electron chi connectivity index (χ3n) is 3.87. The zero-order chi connectivity index (χ0) is 16.0. The van der Waals surface area contributed by atoms with Crippen molar-refractivity contribution in [3.05, 3.63) is 30.3 Å². The van der Waals surface area contributed by atoms with Gasteiger partial charge in [0.2, 0.25) is 10.0 Å². The molecule has 1 aromatic rings. The number of hydrogen-bond donors (Lipinski definition) is 1. The molecular weight excluding hydrogens is 300 g/mol. The lowest BCUT2D eigenvalue weighted by molar-refractivity contribution is 0.0134. The van der Waals surface area contributed by atoms with E-state index < -0.39 is 10.0 Å². The molecule has 1 fully saturated rings. The molecule has 1 N–H and O–H groups in total. The maximum atomic E-state index is 12.4. The van der Waals surface area contributed by atoms with Crippen molar-refractivity contribution in [3.63, 3.8) is 0 Å². The first-order valence-electron chi connectivity index (χ1n) is 7.85. The average Bonchev–Trinajstić information content (AvgIpc) is 2.53. The number of rotatable bonds is 7. The third-order valence-corrected chi connectivity index (χ3v) is 5.31. The summed E-state index contributed by atoms with van der Waals surface area (Å²) in [5.74, 6) is 0.522. The second-order valence-electron chi connectivity index (χ2n) is 6.10. The van der Waals surface area contributed by atoms with Crippen LogP contribution in [0.2, 0.25) is 0 Å². The maximum absolute atomic E-state index is 12.4. The number of morpholine rings is 1. The van der Waals surface area contributed by atoms with Gasteiger partial charge in [-0.25, -0.2) is 13.1 Å². The number of nitrogens with zero attached hydrogens (tertiary/aromatic N) is 1. The quantitative estimate of drug-likeness (QED) is 0.829. The van der Waals surface area contributed by atoms with Gasteiger partial charge in [-0.2, -0.15) is 0 Å². The van der Waals surface area contributed by atoms with Crippen LogP contribution in [-0.4, -0.2) is 52.2 Å². The highest BCUT2D eigenvalue weighted by atomic mass is 32.2. The van der Waals surface area contributed by atoms with Crippen LogP contribution in [0.1, 0.15) is 20.3 Å². The first-order valence-corrected chi connectivity index (χ1v) is 9.34. The van der Waals surface area contributed by atoms with E-state index in [-0.39, 0.29) is 6.04 Å². The predicted octanol–water partition coefficient (Wildman–Crippen LogP) is 1.71. The van der Waals surface area contributed by atoms with Crippen LogP contribution in [0.25, 0.3) is 0 Å². The maximum Gasteiger partial charge on any atom is 0.240 e. The van der Waals surface area contributed by atoms with Gasteiger partial charge in [0.05, 0.1) is 18.1 Å². The second-order valence-corrected chi connectivity index (χ2v) is 7.86. The lowest BCUT2D eigenvalue weighted by Crippen LogP contribution is -2.49. The topological polar surface area (TPSA) is 58.6 Å². The summed E-state index contributed by atoms with van der Waals surface area (Å²) in [5.41, 5.74) is 0. The number of ether oxygens (including phenoxy) is 1. The fourth-order valence-corrected chi connectivity index (χ4v) is 3.83. The SMILES string of the molecule is CC(C)CC(CNS(=O)(=O)c1ccccc1)N1CCOCC1. The van der Waals surface area contributed by atoms with Gasteiger partial charge in [-0.3, -0.25) is 4.90 Å². The van der Waals surface area contributed by atoms with E-state index in [2.05, 4.69) is 23.5 Å². The lowest BCUT2D eigenvalue weighted by Gasteiger charge is -2.35. The molecule has 1 heterocycles. The molecule has 2 rings (SSSR count). The van der Waals surface area contributed by atoms with E-state index in [0.717, 1.165) is 32.7 Å². The Kier molecular flexibility index (Phi) is 6.37. The normalized spacial score (nSPS) is 18.5. The molecule has 124 valence electrons. The van der Waals surface area contributed by atoms with Crippen LogP contribution in [0.4, 0.5) is 0 Å². The number of hydrogen-bond acceptors (Lipinski definition) is 4. The largest absolute Gasteiger partial charge is 0.379 e. The van der Waals surface area contributed by atoms with Crippen molar-refractivity contribution in [1.29, 1.82) is 0 Å². The molecule has 22 heavy (non-hydrogen) atoms. The smallest absolute Gasteiger partial charge is 0.240 e. The van der Waals surface area contributed by atoms with E-state index in [4.69, 9.17) is 4.74 Å². The minimum atomic E-state index is -3.44. The summed E-state index contributed by atoms with van der Waals surface area (Å²) in [7, 11) is -3.44. The summed E-state index contributed by atoms with van der Waals surface area (Å²) >= 11 is 0. The highest BCUT2D eigenvalue weighted by molar-refractivity contribution is 7.89. The van der Waals surface area contributed by atoms with E-state index in [1.165, 1.54) is 0 Å². The Morgan fingerprint density at radius 1 is 1.18 bits per heavy atom. The van der Waals surface area contributed by atoms with E-state index >= 15 is 0 Å². The summed E-state index contributed by atoms with van der Waals surface area (Å²) in [6.07, 6.45) is 0.970. The van der Waals surface area contributed by atoms with Gasteiger partial charge in [0, 0.05) is 25.7 Å². The standard InChI is InChI=1S/C16H26N2O3S/c1-14(2)12-15(18-8-10-21-11-9-18)13-17-22(19,20)16-6-4-3-5-7-16/h3-7,14-15,17H,8-13H2,1-2H3.